The van der Waals surface area contributed by atoms with Crippen LogP contribution in [0.1, 0.15) is 82.3 Å². The van der Waals surface area contributed by atoms with Crippen LogP contribution in [0.2, 0.25) is 0 Å². The first kappa shape index (κ1) is 33.8. The highest BCUT2D eigenvalue weighted by atomic mass is 32.2. The zero-order chi connectivity index (χ0) is 37.9. The minimum atomic E-state index is -1.38. The second-order valence-electron chi connectivity index (χ2n) is 16.2. The van der Waals surface area contributed by atoms with Crippen LogP contribution in [-0.4, -0.2) is 83.1 Å². The number of hydrogen-bond donors (Lipinski definition) is 3. The fourth-order valence-electron chi connectivity index (χ4n) is 11.4. The molecule has 1 unspecified atom stereocenters. The molecule has 3 saturated heterocycles. The molecule has 14 heteroatoms. The molecule has 55 heavy (non-hydrogen) atoms. The van der Waals surface area contributed by atoms with Gasteiger partial charge < -0.3 is 38.3 Å². The number of nitrogens with zero attached hydrogens (tertiary/aromatic N) is 2. The number of thioether (sulfide) groups is 1. The quantitative estimate of drug-likeness (QED) is 0.187. The third-order valence-corrected chi connectivity index (χ3v) is 14.8. The molecular weight excluding hydrogens is 727 g/mol. The van der Waals surface area contributed by atoms with E-state index in [1.54, 1.807) is 7.11 Å². The number of piperazine rings is 1. The molecule has 0 aliphatic carbocycles. The molecule has 13 nitrogen and oxygen atoms in total. The molecule has 0 amide bonds. The molecule has 3 aromatic carbocycles. The number of rotatable bonds is 2. The third kappa shape index (κ3) is 4.08. The van der Waals surface area contributed by atoms with Crippen LogP contribution in [0.4, 0.5) is 0 Å². The summed E-state index contributed by atoms with van der Waals surface area (Å²) in [7, 11) is 1.56. The Kier molecular flexibility index (Phi) is 6.83. The van der Waals surface area contributed by atoms with Gasteiger partial charge in [-0.25, -0.2) is 4.79 Å². The van der Waals surface area contributed by atoms with E-state index in [1.807, 2.05) is 38.1 Å². The van der Waals surface area contributed by atoms with Crippen LogP contribution in [0.15, 0.2) is 34.7 Å². The molecule has 4 aromatic rings. The van der Waals surface area contributed by atoms with Crippen LogP contribution in [0, 0.1) is 13.8 Å². The molecule has 8 aliphatic rings. The lowest BCUT2D eigenvalue weighted by Gasteiger charge is -2.59. The average molecular weight is 768 g/mol. The van der Waals surface area contributed by atoms with Gasteiger partial charge in [-0.2, -0.15) is 0 Å². The van der Waals surface area contributed by atoms with E-state index in [2.05, 4.69) is 28.1 Å². The van der Waals surface area contributed by atoms with Crippen molar-refractivity contribution in [3.8, 4) is 28.7 Å². The Hall–Kier alpha value is -4.47. The van der Waals surface area contributed by atoms with Crippen LogP contribution < -0.4 is 24.3 Å². The van der Waals surface area contributed by atoms with Crippen molar-refractivity contribution >= 4 is 34.7 Å². The highest BCUT2D eigenvalue weighted by Gasteiger charge is 2.72. The van der Waals surface area contributed by atoms with E-state index in [0.717, 1.165) is 33.2 Å². The number of hydrogen-bond acceptors (Lipinski definition) is 14. The van der Waals surface area contributed by atoms with Gasteiger partial charge in [0.1, 0.15) is 29.4 Å². The fraction of sp³-hybridized carbons (Fsp3) is 0.463. The van der Waals surface area contributed by atoms with Gasteiger partial charge >= 0.3 is 11.9 Å². The van der Waals surface area contributed by atoms with E-state index in [1.165, 1.54) is 18.7 Å². The summed E-state index contributed by atoms with van der Waals surface area (Å²) in [6, 6.07) is 8.19. The third-order valence-electron chi connectivity index (χ3n) is 13.4. The van der Waals surface area contributed by atoms with Crippen LogP contribution in [-0.2, 0) is 31.8 Å². The number of phenols is 1. The zero-order valence-electron chi connectivity index (χ0n) is 31.1. The summed E-state index contributed by atoms with van der Waals surface area (Å²) in [5.74, 6) is 1.54. The molecule has 7 atom stereocenters. The Morgan fingerprint density at radius 2 is 1.89 bits per heavy atom. The first-order valence-electron chi connectivity index (χ1n) is 18.8. The van der Waals surface area contributed by atoms with Gasteiger partial charge in [0.15, 0.2) is 28.5 Å². The number of benzene rings is 3. The molecule has 12 rings (SSSR count). The first-order chi connectivity index (χ1) is 26.4. The van der Waals surface area contributed by atoms with Gasteiger partial charge in [0.25, 0.3) is 0 Å². The summed E-state index contributed by atoms with van der Waals surface area (Å²) in [6.45, 7) is 7.90. The highest BCUT2D eigenvalue weighted by Crippen LogP contribution is 2.71. The number of esters is 2. The fourth-order valence-corrected chi connectivity index (χ4v) is 13.0. The van der Waals surface area contributed by atoms with Crippen molar-refractivity contribution in [1.82, 2.24) is 15.1 Å². The molecule has 0 saturated carbocycles. The number of methoxy groups -OCH3 is 1. The molecule has 1 aromatic heterocycles. The van der Waals surface area contributed by atoms with Gasteiger partial charge in [0.05, 0.1) is 24.4 Å². The maximum absolute atomic E-state index is 14.8. The molecule has 4 bridgehead atoms. The number of carbonyl (C=O) groups is 2. The second-order valence-corrected chi connectivity index (χ2v) is 17.3. The SMILES string of the molecule is COc1c(C)cc2c(c1O)[C@H]1[C@@H]3[C@@H]4SC[C@]5(NCCc6c5oc5ccccc65)C(=O)OC[C@@H](c5c6c(c(C)c(OC(C)=O)c54)OCO6)N3C3(O)CN1[C@]2(C)C3. The lowest BCUT2D eigenvalue weighted by Crippen LogP contribution is -2.67. The Morgan fingerprint density at radius 1 is 1.09 bits per heavy atom. The number of aliphatic hydroxyl groups is 1. The monoisotopic (exact) mass is 767 g/mol. The van der Waals surface area contributed by atoms with Crippen molar-refractivity contribution in [2.45, 2.75) is 80.7 Å². The van der Waals surface area contributed by atoms with Crippen molar-refractivity contribution in [2.24, 2.45) is 0 Å². The minimum absolute atomic E-state index is 0.0408. The molecule has 286 valence electrons. The maximum Gasteiger partial charge on any atom is 0.335 e. The van der Waals surface area contributed by atoms with Crippen LogP contribution in [0.5, 0.6) is 28.7 Å². The molecule has 9 heterocycles. The lowest BCUT2D eigenvalue weighted by atomic mass is 9.75. The average Bonchev–Trinajstić information content (AvgIpc) is 3.90. The lowest BCUT2D eigenvalue weighted by molar-refractivity contribution is -0.196. The minimum Gasteiger partial charge on any atom is -0.504 e. The number of para-hydroxylation sites is 1. The highest BCUT2D eigenvalue weighted by molar-refractivity contribution is 7.99. The summed E-state index contributed by atoms with van der Waals surface area (Å²) in [6.07, 6.45) is 1.01. The molecule has 1 spiro atoms. The Morgan fingerprint density at radius 3 is 2.69 bits per heavy atom. The maximum atomic E-state index is 14.8. The van der Waals surface area contributed by atoms with E-state index in [9.17, 15) is 19.8 Å². The number of carbonyl (C=O) groups excluding carboxylic acids is 2. The van der Waals surface area contributed by atoms with Gasteiger partial charge in [-0.1, -0.05) is 18.2 Å². The molecule has 8 aliphatic heterocycles. The largest absolute Gasteiger partial charge is 0.504 e. The Balaban J connectivity index is 1.19. The summed E-state index contributed by atoms with van der Waals surface area (Å²) in [5, 5.41) is 29.2. The van der Waals surface area contributed by atoms with Crippen molar-refractivity contribution in [1.29, 1.82) is 0 Å². The van der Waals surface area contributed by atoms with E-state index >= 15 is 0 Å². The number of ether oxygens (including phenoxy) is 5. The molecule has 3 fully saturated rings. The van der Waals surface area contributed by atoms with Crippen molar-refractivity contribution in [2.75, 3.05) is 39.4 Å². The van der Waals surface area contributed by atoms with E-state index in [0.29, 0.717) is 64.9 Å². The van der Waals surface area contributed by atoms with Gasteiger partial charge in [-0.15, -0.1) is 11.8 Å². The van der Waals surface area contributed by atoms with Crippen LogP contribution >= 0.6 is 11.8 Å². The standard InChI is InChI=1S/C41H41N3O10S/c1-18-12-23-26(31(46)32(18)49-5)29-30-36-28-27(35-34(51-17-52-35)19(2)33(28)53-20(3)45)24(44(30)40(48)14-39(23,4)43(29)15-40)13-50-38(47)41(16-55-36)37-22(10-11-42-41)21-8-6-7-9-25(21)54-37/h6-9,12,24,29-30,36,42,46,48H,10-11,13-17H2,1-5H3/t24-,29-,30+,36+,39+,40?,41+/m0/s1. The normalized spacial score (nSPS) is 32.6. The number of phenolic OH excluding ortho intramolecular Hbond substituents is 1. The number of furan rings is 1. The molecular formula is C41H41N3O10S. The van der Waals surface area contributed by atoms with Crippen molar-refractivity contribution in [3.05, 3.63) is 75.0 Å². The smallest absolute Gasteiger partial charge is 0.335 e. The number of aryl methyl sites for hydroxylation is 1. The van der Waals surface area contributed by atoms with Crippen molar-refractivity contribution < 1.29 is 47.9 Å². The van der Waals surface area contributed by atoms with Gasteiger partial charge in [0.2, 0.25) is 6.79 Å². The van der Waals surface area contributed by atoms with E-state index in [-0.39, 0.29) is 31.4 Å². The predicted molar refractivity (Wildman–Crippen MR) is 198 cm³/mol. The van der Waals surface area contributed by atoms with Crippen molar-refractivity contribution in [3.63, 3.8) is 0 Å². The second kappa shape index (κ2) is 11.1. The number of fused-ring (bicyclic) bond motifs is 11. The van der Waals surface area contributed by atoms with E-state index < -0.39 is 52.1 Å². The van der Waals surface area contributed by atoms with Gasteiger partial charge in [0, 0.05) is 77.0 Å². The molecule has 3 N–H and O–H groups in total. The summed E-state index contributed by atoms with van der Waals surface area (Å²) in [5.41, 5.74) is 2.81. The first-order valence-corrected chi connectivity index (χ1v) is 19.8. The molecule has 0 radical (unpaired) electrons. The Bertz CT molecular complexity index is 2420. The topological polar surface area (TPSA) is 152 Å². The number of nitrogens with one attached hydrogen (secondary N) is 1. The van der Waals surface area contributed by atoms with Crippen LogP contribution in [0.3, 0.4) is 0 Å². The van der Waals surface area contributed by atoms with E-state index in [4.69, 9.17) is 28.1 Å². The van der Waals surface area contributed by atoms with Gasteiger partial charge in [-0.3, -0.25) is 19.9 Å². The summed E-state index contributed by atoms with van der Waals surface area (Å²) >= 11 is 1.52. The van der Waals surface area contributed by atoms with Gasteiger partial charge in [-0.05, 0) is 50.5 Å². The summed E-state index contributed by atoms with van der Waals surface area (Å²) in [4.78, 5) is 32.2. The zero-order valence-corrected chi connectivity index (χ0v) is 31.9. The van der Waals surface area contributed by atoms with Crippen LogP contribution in [0.25, 0.3) is 11.0 Å². The Labute approximate surface area is 320 Å². The summed E-state index contributed by atoms with van der Waals surface area (Å²) < 4.78 is 37.3. The number of aromatic hydroxyl groups is 1. The predicted octanol–water partition coefficient (Wildman–Crippen LogP) is 4.89.